The van der Waals surface area contributed by atoms with Crippen molar-refractivity contribution in [1.82, 2.24) is 10.1 Å². The SMILES string of the molecule is O=C(COc1ccc(/C=N\NS(=O)(=O)c2ccccc2)cc1)NC[C@H]1CCCO1. The van der Waals surface area contributed by atoms with Gasteiger partial charge in [0.15, 0.2) is 6.61 Å². The van der Waals surface area contributed by atoms with Crippen LogP contribution in [0, 0.1) is 0 Å². The first-order valence-electron chi connectivity index (χ1n) is 9.24. The number of hydrazone groups is 1. The zero-order chi connectivity index (χ0) is 20.5. The quantitative estimate of drug-likeness (QED) is 0.477. The summed E-state index contributed by atoms with van der Waals surface area (Å²) < 4.78 is 35.0. The van der Waals surface area contributed by atoms with E-state index < -0.39 is 10.0 Å². The van der Waals surface area contributed by atoms with Crippen molar-refractivity contribution >= 4 is 22.1 Å². The summed E-state index contributed by atoms with van der Waals surface area (Å²) in [6, 6.07) is 14.8. The molecule has 0 radical (unpaired) electrons. The maximum atomic E-state index is 12.1. The lowest BCUT2D eigenvalue weighted by atomic mass is 10.2. The van der Waals surface area contributed by atoms with Gasteiger partial charge in [-0.1, -0.05) is 18.2 Å². The second kappa shape index (κ2) is 10.0. The fourth-order valence-electron chi connectivity index (χ4n) is 2.71. The molecule has 1 saturated heterocycles. The van der Waals surface area contributed by atoms with Crippen molar-refractivity contribution in [2.24, 2.45) is 5.10 Å². The van der Waals surface area contributed by atoms with E-state index in [4.69, 9.17) is 9.47 Å². The van der Waals surface area contributed by atoms with Crippen molar-refractivity contribution in [3.8, 4) is 5.75 Å². The monoisotopic (exact) mass is 417 g/mol. The summed E-state index contributed by atoms with van der Waals surface area (Å²) in [5.41, 5.74) is 0.677. The van der Waals surface area contributed by atoms with Gasteiger partial charge in [0.1, 0.15) is 5.75 Å². The van der Waals surface area contributed by atoms with E-state index >= 15 is 0 Å². The van der Waals surface area contributed by atoms with Gasteiger partial charge in [-0.15, -0.1) is 0 Å². The predicted octanol–water partition coefficient (Wildman–Crippen LogP) is 1.67. The Morgan fingerprint density at radius 2 is 1.93 bits per heavy atom. The number of amides is 1. The summed E-state index contributed by atoms with van der Waals surface area (Å²) in [4.78, 5) is 14.1. The van der Waals surface area contributed by atoms with E-state index in [1.54, 1.807) is 42.5 Å². The Kier molecular flexibility index (Phi) is 7.20. The van der Waals surface area contributed by atoms with E-state index in [0.29, 0.717) is 17.9 Å². The van der Waals surface area contributed by atoms with Crippen LogP contribution in [0.2, 0.25) is 0 Å². The Morgan fingerprint density at radius 3 is 2.62 bits per heavy atom. The summed E-state index contributed by atoms with van der Waals surface area (Å²) in [6.07, 6.45) is 3.47. The van der Waals surface area contributed by atoms with Crippen LogP contribution in [0.4, 0.5) is 0 Å². The van der Waals surface area contributed by atoms with Gasteiger partial charge in [0.05, 0.1) is 17.2 Å². The van der Waals surface area contributed by atoms with E-state index in [2.05, 4.69) is 15.2 Å². The molecular weight excluding hydrogens is 394 g/mol. The number of ether oxygens (including phenoxy) is 2. The van der Waals surface area contributed by atoms with E-state index in [0.717, 1.165) is 19.4 Å². The Hall–Kier alpha value is -2.91. The van der Waals surface area contributed by atoms with Crippen molar-refractivity contribution < 1.29 is 22.7 Å². The number of carbonyl (C=O) groups excluding carboxylic acids is 1. The first-order chi connectivity index (χ1) is 14.0. The molecule has 0 bridgehead atoms. The first-order valence-corrected chi connectivity index (χ1v) is 10.7. The highest BCUT2D eigenvalue weighted by Gasteiger charge is 2.16. The van der Waals surface area contributed by atoms with Crippen LogP contribution in [0.1, 0.15) is 18.4 Å². The summed E-state index contributed by atoms with van der Waals surface area (Å²) in [5, 5.41) is 6.56. The summed E-state index contributed by atoms with van der Waals surface area (Å²) >= 11 is 0. The molecular formula is C20H23N3O5S. The number of sulfonamides is 1. The molecule has 8 nitrogen and oxygen atoms in total. The number of rotatable bonds is 9. The van der Waals surface area contributed by atoms with Crippen LogP contribution in [0.25, 0.3) is 0 Å². The van der Waals surface area contributed by atoms with Gasteiger partial charge in [0.2, 0.25) is 0 Å². The summed E-state index contributed by atoms with van der Waals surface area (Å²) in [7, 11) is -3.69. The van der Waals surface area contributed by atoms with Gasteiger partial charge in [0, 0.05) is 13.2 Å². The molecule has 2 aromatic rings. The van der Waals surface area contributed by atoms with Crippen LogP contribution in [0.15, 0.2) is 64.6 Å². The standard InChI is InChI=1S/C20H23N3O5S/c24-20(21-14-18-5-4-12-27-18)15-28-17-10-8-16(9-11-17)13-22-23-29(25,26)19-6-2-1-3-7-19/h1-3,6-11,13,18,23H,4-5,12,14-15H2,(H,21,24)/b22-13-/t18-/m1/s1. The highest BCUT2D eigenvalue weighted by molar-refractivity contribution is 7.89. The fourth-order valence-corrected chi connectivity index (χ4v) is 3.52. The third-order valence-electron chi connectivity index (χ3n) is 4.24. The summed E-state index contributed by atoms with van der Waals surface area (Å²) in [6.45, 7) is 1.16. The zero-order valence-corrected chi connectivity index (χ0v) is 16.6. The molecule has 1 aliphatic heterocycles. The average Bonchev–Trinajstić information content (AvgIpc) is 3.26. The molecule has 29 heavy (non-hydrogen) atoms. The van der Waals surface area contributed by atoms with Gasteiger partial charge in [-0.3, -0.25) is 4.79 Å². The highest BCUT2D eigenvalue weighted by Crippen LogP contribution is 2.12. The maximum absolute atomic E-state index is 12.1. The van der Waals surface area contributed by atoms with Gasteiger partial charge >= 0.3 is 0 Å². The summed E-state index contributed by atoms with van der Waals surface area (Å²) in [5.74, 6) is 0.320. The number of benzene rings is 2. The van der Waals surface area contributed by atoms with E-state index in [9.17, 15) is 13.2 Å². The number of nitrogens with one attached hydrogen (secondary N) is 2. The average molecular weight is 417 g/mol. The van der Waals surface area contributed by atoms with Crippen molar-refractivity contribution in [1.29, 1.82) is 0 Å². The van der Waals surface area contributed by atoms with Gasteiger partial charge in [-0.25, -0.2) is 4.83 Å². The van der Waals surface area contributed by atoms with E-state index in [1.165, 1.54) is 18.3 Å². The third kappa shape index (κ3) is 6.58. The molecule has 9 heteroatoms. The van der Waals surface area contributed by atoms with Crippen molar-refractivity contribution in [3.63, 3.8) is 0 Å². The van der Waals surface area contributed by atoms with Gasteiger partial charge in [-0.2, -0.15) is 13.5 Å². The maximum Gasteiger partial charge on any atom is 0.276 e. The number of carbonyl (C=O) groups is 1. The molecule has 1 heterocycles. The molecule has 1 amide bonds. The van der Waals surface area contributed by atoms with Crippen LogP contribution in [0.5, 0.6) is 5.75 Å². The zero-order valence-electron chi connectivity index (χ0n) is 15.8. The van der Waals surface area contributed by atoms with Crippen LogP contribution in [0.3, 0.4) is 0 Å². The van der Waals surface area contributed by atoms with Crippen LogP contribution >= 0.6 is 0 Å². The second-order valence-corrected chi connectivity index (χ2v) is 8.12. The number of hydrogen-bond donors (Lipinski definition) is 2. The molecule has 2 aromatic carbocycles. The third-order valence-corrected chi connectivity index (χ3v) is 5.48. The van der Waals surface area contributed by atoms with Crippen LogP contribution in [-0.4, -0.2) is 46.4 Å². The normalized spacial score (nSPS) is 16.6. The number of nitrogens with zero attached hydrogens (tertiary/aromatic N) is 1. The molecule has 0 spiro atoms. The van der Waals surface area contributed by atoms with Crippen molar-refractivity contribution in [2.45, 2.75) is 23.8 Å². The number of hydrogen-bond acceptors (Lipinski definition) is 6. The minimum absolute atomic E-state index is 0.0863. The van der Waals surface area contributed by atoms with Crippen LogP contribution in [-0.2, 0) is 19.6 Å². The molecule has 0 aliphatic carbocycles. The second-order valence-electron chi connectivity index (χ2n) is 6.46. The van der Waals surface area contributed by atoms with E-state index in [1.807, 2.05) is 0 Å². The Labute approximate surface area is 170 Å². The topological polar surface area (TPSA) is 106 Å². The molecule has 2 N–H and O–H groups in total. The fraction of sp³-hybridized carbons (Fsp3) is 0.300. The highest BCUT2D eigenvalue weighted by atomic mass is 32.2. The largest absolute Gasteiger partial charge is 0.484 e. The van der Waals surface area contributed by atoms with Crippen LogP contribution < -0.4 is 14.9 Å². The van der Waals surface area contributed by atoms with Gasteiger partial charge in [0.25, 0.3) is 15.9 Å². The molecule has 0 unspecified atom stereocenters. The first kappa shape index (κ1) is 20.8. The van der Waals surface area contributed by atoms with Gasteiger partial charge in [-0.05, 0) is 54.8 Å². The predicted molar refractivity (Wildman–Crippen MR) is 108 cm³/mol. The smallest absolute Gasteiger partial charge is 0.276 e. The Bertz CT molecular complexity index is 924. The van der Waals surface area contributed by atoms with Crippen molar-refractivity contribution in [2.75, 3.05) is 19.8 Å². The lowest BCUT2D eigenvalue weighted by Crippen LogP contribution is -2.35. The minimum Gasteiger partial charge on any atom is -0.484 e. The lowest BCUT2D eigenvalue weighted by Gasteiger charge is -2.11. The molecule has 3 rings (SSSR count). The molecule has 0 saturated carbocycles. The Balaban J connectivity index is 1.43. The molecule has 0 aromatic heterocycles. The van der Waals surface area contributed by atoms with Crippen molar-refractivity contribution in [3.05, 3.63) is 60.2 Å². The molecule has 1 atom stereocenters. The lowest BCUT2D eigenvalue weighted by molar-refractivity contribution is -0.123. The molecule has 1 fully saturated rings. The Morgan fingerprint density at radius 1 is 1.17 bits per heavy atom. The molecule has 154 valence electrons. The van der Waals surface area contributed by atoms with Gasteiger partial charge < -0.3 is 14.8 Å². The minimum atomic E-state index is -3.69. The van der Waals surface area contributed by atoms with E-state index in [-0.39, 0.29) is 23.5 Å². The molecule has 1 aliphatic rings.